The standard InChI is InChI=1S/C10H10N2O3/c1-2-13-7-8(9-11-3-5-14-9)10-12-4-6-15-10/h3-7H,2H2,1H3. The van der Waals surface area contributed by atoms with Gasteiger partial charge in [-0.1, -0.05) is 0 Å². The van der Waals surface area contributed by atoms with E-state index in [9.17, 15) is 0 Å². The van der Waals surface area contributed by atoms with Crippen LogP contribution in [0.3, 0.4) is 0 Å². The van der Waals surface area contributed by atoms with Crippen molar-refractivity contribution >= 4 is 5.57 Å². The van der Waals surface area contributed by atoms with E-state index in [0.717, 1.165) is 0 Å². The number of oxazole rings is 2. The molecule has 0 saturated heterocycles. The molecule has 0 bridgehead atoms. The Morgan fingerprint density at radius 1 is 1.27 bits per heavy atom. The molecule has 2 rings (SSSR count). The van der Waals surface area contributed by atoms with E-state index in [1.165, 1.54) is 18.8 Å². The smallest absolute Gasteiger partial charge is 0.234 e. The van der Waals surface area contributed by atoms with Crippen LogP contribution < -0.4 is 0 Å². The van der Waals surface area contributed by atoms with Crippen LogP contribution in [0.25, 0.3) is 5.57 Å². The second-order valence-corrected chi connectivity index (χ2v) is 2.66. The molecule has 0 aromatic carbocycles. The molecule has 0 aliphatic heterocycles. The van der Waals surface area contributed by atoms with Crippen LogP contribution in [0.1, 0.15) is 18.7 Å². The van der Waals surface area contributed by atoms with Crippen molar-refractivity contribution in [3.8, 4) is 0 Å². The van der Waals surface area contributed by atoms with Gasteiger partial charge in [0.15, 0.2) is 0 Å². The Kier molecular flexibility index (Phi) is 2.82. The summed E-state index contributed by atoms with van der Waals surface area (Å²) in [6.45, 7) is 2.45. The maximum Gasteiger partial charge on any atom is 0.234 e. The first-order valence-corrected chi connectivity index (χ1v) is 4.53. The maximum atomic E-state index is 5.18. The van der Waals surface area contributed by atoms with Crippen LogP contribution in [0.15, 0.2) is 40.0 Å². The Bertz CT molecular complexity index is 381. The third-order valence-corrected chi connectivity index (χ3v) is 1.69. The third kappa shape index (κ3) is 2.07. The Balaban J connectivity index is 2.33. The lowest BCUT2D eigenvalue weighted by Gasteiger charge is -1.98. The fourth-order valence-corrected chi connectivity index (χ4v) is 1.07. The SMILES string of the molecule is CCOC=C(c1ncco1)c1ncco1. The molecule has 78 valence electrons. The van der Waals surface area contributed by atoms with Crippen LogP contribution in [0.2, 0.25) is 0 Å². The minimum atomic E-state index is 0.422. The van der Waals surface area contributed by atoms with Gasteiger partial charge in [0, 0.05) is 0 Å². The largest absolute Gasteiger partial charge is 0.500 e. The molecule has 0 atom stereocenters. The Morgan fingerprint density at radius 3 is 2.27 bits per heavy atom. The number of hydrogen-bond acceptors (Lipinski definition) is 5. The van der Waals surface area contributed by atoms with Gasteiger partial charge in [-0.2, -0.15) is 0 Å². The highest BCUT2D eigenvalue weighted by atomic mass is 16.5. The van der Waals surface area contributed by atoms with Gasteiger partial charge in [0.1, 0.15) is 24.4 Å². The molecule has 2 heterocycles. The summed E-state index contributed by atoms with van der Waals surface area (Å²) in [5.41, 5.74) is 0.590. The van der Waals surface area contributed by atoms with E-state index < -0.39 is 0 Å². The Labute approximate surface area is 86.4 Å². The van der Waals surface area contributed by atoms with Crippen LogP contribution >= 0.6 is 0 Å². The zero-order valence-corrected chi connectivity index (χ0v) is 8.21. The summed E-state index contributed by atoms with van der Waals surface area (Å²) < 4.78 is 15.5. The number of nitrogens with zero attached hydrogens (tertiary/aromatic N) is 2. The molecule has 0 saturated carbocycles. The van der Waals surface area contributed by atoms with E-state index >= 15 is 0 Å². The van der Waals surface area contributed by atoms with Crippen LogP contribution in [0, 0.1) is 0 Å². The lowest BCUT2D eigenvalue weighted by molar-refractivity contribution is 0.269. The molecular weight excluding hydrogens is 196 g/mol. The summed E-state index contributed by atoms with van der Waals surface area (Å²) in [7, 11) is 0. The molecule has 0 N–H and O–H groups in total. The number of aromatic nitrogens is 2. The van der Waals surface area contributed by atoms with Crippen molar-refractivity contribution in [1.82, 2.24) is 9.97 Å². The van der Waals surface area contributed by atoms with Gasteiger partial charge >= 0.3 is 0 Å². The van der Waals surface area contributed by atoms with Crippen LogP contribution in [-0.2, 0) is 4.74 Å². The van der Waals surface area contributed by atoms with Crippen molar-refractivity contribution < 1.29 is 13.6 Å². The summed E-state index contributed by atoms with van der Waals surface area (Å²) >= 11 is 0. The van der Waals surface area contributed by atoms with E-state index in [4.69, 9.17) is 13.6 Å². The van der Waals surface area contributed by atoms with Crippen LogP contribution in [-0.4, -0.2) is 16.6 Å². The zero-order valence-electron chi connectivity index (χ0n) is 8.21. The molecule has 0 amide bonds. The fraction of sp³-hybridized carbons (Fsp3) is 0.200. The van der Waals surface area contributed by atoms with E-state index in [2.05, 4.69) is 9.97 Å². The van der Waals surface area contributed by atoms with Gasteiger partial charge in [0.2, 0.25) is 11.8 Å². The summed E-state index contributed by atoms with van der Waals surface area (Å²) in [6, 6.07) is 0. The first-order chi connectivity index (χ1) is 7.42. The van der Waals surface area contributed by atoms with E-state index in [0.29, 0.717) is 24.0 Å². The van der Waals surface area contributed by atoms with Crippen LogP contribution in [0.5, 0.6) is 0 Å². The minimum Gasteiger partial charge on any atom is -0.500 e. The fourth-order valence-electron chi connectivity index (χ4n) is 1.07. The van der Waals surface area contributed by atoms with Gasteiger partial charge in [-0.15, -0.1) is 0 Å². The maximum absolute atomic E-state index is 5.18. The van der Waals surface area contributed by atoms with Crippen molar-refractivity contribution in [2.45, 2.75) is 6.92 Å². The molecule has 15 heavy (non-hydrogen) atoms. The normalized spacial score (nSPS) is 9.93. The summed E-state index contributed by atoms with van der Waals surface area (Å²) in [4.78, 5) is 8.02. The number of ether oxygens (including phenoxy) is 1. The second kappa shape index (κ2) is 4.45. The quantitative estimate of drug-likeness (QED) is 0.717. The van der Waals surface area contributed by atoms with Gasteiger partial charge in [-0.05, 0) is 6.92 Å². The average molecular weight is 206 g/mol. The Morgan fingerprint density at radius 2 is 1.87 bits per heavy atom. The molecule has 0 spiro atoms. The van der Waals surface area contributed by atoms with Gasteiger partial charge in [-0.25, -0.2) is 9.97 Å². The molecule has 0 aliphatic rings. The molecule has 0 radical (unpaired) electrons. The topological polar surface area (TPSA) is 61.3 Å². The van der Waals surface area contributed by atoms with Gasteiger partial charge in [-0.3, -0.25) is 0 Å². The van der Waals surface area contributed by atoms with Crippen molar-refractivity contribution in [2.75, 3.05) is 6.61 Å². The van der Waals surface area contributed by atoms with Crippen molar-refractivity contribution in [2.24, 2.45) is 0 Å². The van der Waals surface area contributed by atoms with Gasteiger partial charge in [0.25, 0.3) is 0 Å². The Hall–Kier alpha value is -2.04. The van der Waals surface area contributed by atoms with Crippen molar-refractivity contribution in [1.29, 1.82) is 0 Å². The zero-order chi connectivity index (χ0) is 10.5. The molecule has 5 heteroatoms. The summed E-state index contributed by atoms with van der Waals surface area (Å²) in [5.74, 6) is 0.844. The molecule has 0 unspecified atom stereocenters. The number of rotatable bonds is 4. The van der Waals surface area contributed by atoms with Crippen LogP contribution in [0.4, 0.5) is 0 Å². The predicted octanol–water partition coefficient (Wildman–Crippen LogP) is 2.09. The van der Waals surface area contributed by atoms with Crippen molar-refractivity contribution in [3.05, 3.63) is 43.0 Å². The molecule has 0 aliphatic carbocycles. The molecule has 2 aromatic heterocycles. The van der Waals surface area contributed by atoms with E-state index in [1.807, 2.05) is 6.92 Å². The number of hydrogen-bond donors (Lipinski definition) is 0. The van der Waals surface area contributed by atoms with Gasteiger partial charge < -0.3 is 13.6 Å². The molecule has 5 nitrogen and oxygen atoms in total. The van der Waals surface area contributed by atoms with Gasteiger partial charge in [0.05, 0.1) is 19.0 Å². The predicted molar refractivity (Wildman–Crippen MR) is 51.7 cm³/mol. The molecule has 2 aromatic rings. The first kappa shape index (κ1) is 9.51. The minimum absolute atomic E-state index is 0.422. The van der Waals surface area contributed by atoms with E-state index in [-0.39, 0.29) is 0 Å². The van der Waals surface area contributed by atoms with E-state index in [1.54, 1.807) is 12.4 Å². The lowest BCUT2D eigenvalue weighted by Crippen LogP contribution is -1.90. The van der Waals surface area contributed by atoms with Crippen molar-refractivity contribution in [3.63, 3.8) is 0 Å². The highest BCUT2D eigenvalue weighted by Crippen LogP contribution is 2.20. The average Bonchev–Trinajstić information content (AvgIpc) is 2.90. The highest BCUT2D eigenvalue weighted by Gasteiger charge is 2.14. The first-order valence-electron chi connectivity index (χ1n) is 4.53. The summed E-state index contributed by atoms with van der Waals surface area (Å²) in [6.07, 6.45) is 7.60. The highest BCUT2D eigenvalue weighted by molar-refractivity contribution is 5.68. The lowest BCUT2D eigenvalue weighted by atomic mass is 10.3. The molecular formula is C10H10N2O3. The monoisotopic (exact) mass is 206 g/mol. The second-order valence-electron chi connectivity index (χ2n) is 2.66. The summed E-state index contributed by atoms with van der Waals surface area (Å²) in [5, 5.41) is 0. The third-order valence-electron chi connectivity index (χ3n) is 1.69. The molecule has 0 fully saturated rings.